The van der Waals surface area contributed by atoms with E-state index in [2.05, 4.69) is 121 Å². The first-order valence-electron chi connectivity index (χ1n) is 15.8. The molecule has 3 nitrogen and oxygen atoms in total. The average Bonchev–Trinajstić information content (AvgIpc) is 3.53. The molecule has 0 N–H and O–H groups in total. The van der Waals surface area contributed by atoms with Crippen molar-refractivity contribution in [2.75, 3.05) is 0 Å². The van der Waals surface area contributed by atoms with E-state index in [1.807, 2.05) is 48.5 Å². The fourth-order valence-corrected chi connectivity index (χ4v) is 6.57. The molecule has 47 heavy (non-hydrogen) atoms. The van der Waals surface area contributed by atoms with Crippen LogP contribution < -0.4 is 0 Å². The van der Waals surface area contributed by atoms with E-state index < -0.39 is 0 Å². The highest BCUT2D eigenvalue weighted by Crippen LogP contribution is 2.38. The normalized spacial score (nSPS) is 11.4. The second-order valence-corrected chi connectivity index (χ2v) is 11.8. The Morgan fingerprint density at radius 2 is 0.830 bits per heavy atom. The van der Waals surface area contributed by atoms with E-state index in [4.69, 9.17) is 14.4 Å². The zero-order valence-corrected chi connectivity index (χ0v) is 25.5. The summed E-state index contributed by atoms with van der Waals surface area (Å²) in [4.78, 5) is 10.2. The van der Waals surface area contributed by atoms with Gasteiger partial charge in [0, 0.05) is 27.5 Å². The van der Waals surface area contributed by atoms with Crippen molar-refractivity contribution in [3.8, 4) is 56.2 Å². The van der Waals surface area contributed by atoms with Gasteiger partial charge in [0.1, 0.15) is 11.2 Å². The smallest absolute Gasteiger partial charge is 0.161 e. The van der Waals surface area contributed by atoms with Crippen LogP contribution in [-0.2, 0) is 0 Å². The number of fused-ring (bicyclic) bond motifs is 4. The molecule has 3 heteroatoms. The molecule has 0 saturated heterocycles. The molecule has 0 atom stereocenters. The van der Waals surface area contributed by atoms with Crippen LogP contribution in [0.5, 0.6) is 0 Å². The van der Waals surface area contributed by atoms with Crippen LogP contribution in [-0.4, -0.2) is 9.97 Å². The van der Waals surface area contributed by atoms with E-state index in [1.54, 1.807) is 0 Å². The fraction of sp³-hybridized carbons (Fsp3) is 0. The molecule has 0 aliphatic heterocycles. The molecule has 2 heterocycles. The standard InChI is InChI=1S/C44H28N2O/c1-3-11-31(12-4-1)40-28-41(32-13-5-2-6-14-32)46-44(45-40)38-25-24-34(35-15-7-8-16-36(35)38)30-21-19-29(20-22-30)33-23-26-43-39(27-33)37-17-9-10-18-42(37)47-43/h1-28H. The third-order valence-electron chi connectivity index (χ3n) is 8.94. The Bertz CT molecular complexity index is 2490. The van der Waals surface area contributed by atoms with Crippen LogP contribution in [0.2, 0.25) is 0 Å². The summed E-state index contributed by atoms with van der Waals surface area (Å²) >= 11 is 0. The molecular weight excluding hydrogens is 572 g/mol. The van der Waals surface area contributed by atoms with Gasteiger partial charge >= 0.3 is 0 Å². The topological polar surface area (TPSA) is 38.9 Å². The Morgan fingerprint density at radius 3 is 1.51 bits per heavy atom. The van der Waals surface area contributed by atoms with E-state index in [0.717, 1.165) is 61.0 Å². The minimum atomic E-state index is 0.713. The lowest BCUT2D eigenvalue weighted by Crippen LogP contribution is -1.97. The highest BCUT2D eigenvalue weighted by atomic mass is 16.3. The van der Waals surface area contributed by atoms with Gasteiger partial charge in [-0.3, -0.25) is 0 Å². The second-order valence-electron chi connectivity index (χ2n) is 11.8. The molecule has 0 unspecified atom stereocenters. The van der Waals surface area contributed by atoms with Gasteiger partial charge in [0.15, 0.2) is 5.82 Å². The van der Waals surface area contributed by atoms with Crippen molar-refractivity contribution in [1.29, 1.82) is 0 Å². The molecule has 0 spiro atoms. The lowest BCUT2D eigenvalue weighted by Gasteiger charge is -2.14. The van der Waals surface area contributed by atoms with Crippen LogP contribution in [0, 0.1) is 0 Å². The van der Waals surface area contributed by atoms with E-state index in [0.29, 0.717) is 5.82 Å². The first kappa shape index (κ1) is 27.0. The molecule has 7 aromatic carbocycles. The molecule has 0 amide bonds. The van der Waals surface area contributed by atoms with Crippen LogP contribution in [0.4, 0.5) is 0 Å². The first-order valence-corrected chi connectivity index (χ1v) is 15.8. The third kappa shape index (κ3) is 4.86. The number of benzene rings is 7. The van der Waals surface area contributed by atoms with E-state index >= 15 is 0 Å². The number of rotatable bonds is 5. The lowest BCUT2D eigenvalue weighted by atomic mass is 9.93. The SMILES string of the molecule is c1ccc(-c2cc(-c3ccccc3)nc(-c3ccc(-c4ccc(-c5ccc6oc7ccccc7c6c5)cc4)c4ccccc34)n2)cc1. The molecule has 220 valence electrons. The third-order valence-corrected chi connectivity index (χ3v) is 8.94. The molecule has 0 bridgehead atoms. The van der Waals surface area contributed by atoms with Crippen molar-refractivity contribution >= 4 is 32.7 Å². The summed E-state index contributed by atoms with van der Waals surface area (Å²) in [5.74, 6) is 0.713. The van der Waals surface area contributed by atoms with Gasteiger partial charge in [-0.1, -0.05) is 140 Å². The molecular formula is C44H28N2O. The van der Waals surface area contributed by atoms with Crippen LogP contribution in [0.1, 0.15) is 0 Å². The Morgan fingerprint density at radius 1 is 0.319 bits per heavy atom. The average molecular weight is 601 g/mol. The Balaban J connectivity index is 1.13. The number of hydrogen-bond acceptors (Lipinski definition) is 3. The Labute approximate surface area is 272 Å². The molecule has 9 aromatic rings. The van der Waals surface area contributed by atoms with Gasteiger partial charge in [0.2, 0.25) is 0 Å². The van der Waals surface area contributed by atoms with E-state index in [-0.39, 0.29) is 0 Å². The molecule has 0 saturated carbocycles. The monoisotopic (exact) mass is 600 g/mol. The predicted molar refractivity (Wildman–Crippen MR) is 194 cm³/mol. The quantitative estimate of drug-likeness (QED) is 0.197. The number of aromatic nitrogens is 2. The summed E-state index contributed by atoms with van der Waals surface area (Å²) in [6.45, 7) is 0. The van der Waals surface area contributed by atoms with Gasteiger partial charge in [0.25, 0.3) is 0 Å². The Kier molecular flexibility index (Phi) is 6.46. The molecule has 0 aliphatic carbocycles. The zero-order chi connectivity index (χ0) is 31.2. The maximum Gasteiger partial charge on any atom is 0.161 e. The lowest BCUT2D eigenvalue weighted by molar-refractivity contribution is 0.669. The summed E-state index contributed by atoms with van der Waals surface area (Å²) in [6.07, 6.45) is 0. The molecule has 2 aromatic heterocycles. The molecule has 9 rings (SSSR count). The highest BCUT2D eigenvalue weighted by Gasteiger charge is 2.15. The minimum absolute atomic E-state index is 0.713. The van der Waals surface area contributed by atoms with Gasteiger partial charge in [-0.15, -0.1) is 0 Å². The maximum absolute atomic E-state index is 6.05. The summed E-state index contributed by atoms with van der Waals surface area (Å²) in [6, 6.07) is 59.2. The highest BCUT2D eigenvalue weighted by molar-refractivity contribution is 6.07. The Hall–Kier alpha value is -6.32. The van der Waals surface area contributed by atoms with Crippen molar-refractivity contribution in [2.45, 2.75) is 0 Å². The number of nitrogens with zero attached hydrogens (tertiary/aromatic N) is 2. The van der Waals surface area contributed by atoms with E-state index in [1.165, 1.54) is 22.1 Å². The van der Waals surface area contributed by atoms with Gasteiger partial charge in [-0.25, -0.2) is 9.97 Å². The van der Waals surface area contributed by atoms with Crippen molar-refractivity contribution in [3.05, 3.63) is 170 Å². The second kappa shape index (κ2) is 11.2. The van der Waals surface area contributed by atoms with Crippen molar-refractivity contribution in [2.24, 2.45) is 0 Å². The van der Waals surface area contributed by atoms with Crippen LogP contribution in [0.15, 0.2) is 174 Å². The summed E-state index contributed by atoms with van der Waals surface area (Å²) in [7, 11) is 0. The predicted octanol–water partition coefficient (Wildman–Crippen LogP) is 11.9. The molecule has 0 aliphatic rings. The van der Waals surface area contributed by atoms with E-state index in [9.17, 15) is 0 Å². The van der Waals surface area contributed by atoms with Gasteiger partial charge in [-0.2, -0.15) is 0 Å². The summed E-state index contributed by atoms with van der Waals surface area (Å²) in [5, 5.41) is 4.56. The summed E-state index contributed by atoms with van der Waals surface area (Å²) < 4.78 is 6.05. The maximum atomic E-state index is 6.05. The van der Waals surface area contributed by atoms with Crippen molar-refractivity contribution < 1.29 is 4.42 Å². The van der Waals surface area contributed by atoms with Gasteiger partial charge in [-0.05, 0) is 63.4 Å². The molecule has 0 radical (unpaired) electrons. The minimum Gasteiger partial charge on any atom is -0.456 e. The van der Waals surface area contributed by atoms with Crippen molar-refractivity contribution in [1.82, 2.24) is 9.97 Å². The van der Waals surface area contributed by atoms with Gasteiger partial charge in [0.05, 0.1) is 11.4 Å². The fourth-order valence-electron chi connectivity index (χ4n) is 6.57. The molecule has 0 fully saturated rings. The number of furan rings is 1. The van der Waals surface area contributed by atoms with Crippen LogP contribution >= 0.6 is 0 Å². The zero-order valence-electron chi connectivity index (χ0n) is 25.5. The van der Waals surface area contributed by atoms with Gasteiger partial charge < -0.3 is 4.42 Å². The van der Waals surface area contributed by atoms with Crippen LogP contribution in [0.25, 0.3) is 88.9 Å². The summed E-state index contributed by atoms with van der Waals surface area (Å²) in [5.41, 5.74) is 11.4. The first-order chi connectivity index (χ1) is 23.3. The largest absolute Gasteiger partial charge is 0.456 e. The van der Waals surface area contributed by atoms with Crippen molar-refractivity contribution in [3.63, 3.8) is 0 Å². The number of hydrogen-bond donors (Lipinski definition) is 0. The number of para-hydroxylation sites is 1. The van der Waals surface area contributed by atoms with Crippen LogP contribution in [0.3, 0.4) is 0 Å².